The number of nitrogens with zero attached hydrogens (tertiary/aromatic N) is 3. The lowest BCUT2D eigenvalue weighted by Crippen LogP contribution is -2.16. The standard InChI is InChI=1S/C34H28BrN3/c1-36-20-19-26-21-32(18-17-27(26)25-36)38(31-15-9-4-10-16-31)34-23-28(35)22-33(24-34)37(29-11-5-2-6-12-29)30-13-7-3-8-14-30/h2-24H,25H2,1H3. The molecule has 0 amide bonds. The van der Waals surface area contributed by atoms with Gasteiger partial charge in [-0.05, 0) is 90.1 Å². The van der Waals surface area contributed by atoms with Crippen molar-refractivity contribution in [3.63, 3.8) is 0 Å². The van der Waals surface area contributed by atoms with Gasteiger partial charge in [0, 0.05) is 52.2 Å². The second-order valence-corrected chi connectivity index (χ2v) is 10.4. The van der Waals surface area contributed by atoms with Crippen molar-refractivity contribution in [2.24, 2.45) is 0 Å². The Bertz CT molecular complexity index is 1530. The lowest BCUT2D eigenvalue weighted by molar-refractivity contribution is 0.448. The molecule has 0 saturated carbocycles. The third-order valence-corrected chi connectivity index (χ3v) is 7.20. The first kappa shape index (κ1) is 24.1. The van der Waals surface area contributed by atoms with Crippen LogP contribution >= 0.6 is 15.9 Å². The van der Waals surface area contributed by atoms with Crippen molar-refractivity contribution in [3.8, 4) is 0 Å². The van der Waals surface area contributed by atoms with Crippen LogP contribution < -0.4 is 9.80 Å². The van der Waals surface area contributed by atoms with Crippen LogP contribution in [0, 0.1) is 0 Å². The highest BCUT2D eigenvalue weighted by atomic mass is 79.9. The maximum Gasteiger partial charge on any atom is 0.0493 e. The molecule has 0 N–H and O–H groups in total. The smallest absolute Gasteiger partial charge is 0.0493 e. The average Bonchev–Trinajstić information content (AvgIpc) is 2.95. The molecule has 38 heavy (non-hydrogen) atoms. The van der Waals surface area contributed by atoms with E-state index >= 15 is 0 Å². The largest absolute Gasteiger partial charge is 0.376 e. The molecule has 1 aliphatic heterocycles. The second-order valence-electron chi connectivity index (χ2n) is 9.46. The average molecular weight is 559 g/mol. The molecule has 3 nitrogen and oxygen atoms in total. The summed E-state index contributed by atoms with van der Waals surface area (Å²) >= 11 is 3.84. The van der Waals surface area contributed by atoms with E-state index < -0.39 is 0 Å². The number of anilines is 6. The van der Waals surface area contributed by atoms with Crippen molar-refractivity contribution in [2.45, 2.75) is 6.54 Å². The molecule has 5 aromatic carbocycles. The number of hydrogen-bond acceptors (Lipinski definition) is 3. The normalized spacial score (nSPS) is 12.2. The summed E-state index contributed by atoms with van der Waals surface area (Å²) in [6.07, 6.45) is 4.35. The number of rotatable bonds is 6. The van der Waals surface area contributed by atoms with Gasteiger partial charge in [0.15, 0.2) is 0 Å². The summed E-state index contributed by atoms with van der Waals surface area (Å²) in [5.41, 5.74) is 9.20. The summed E-state index contributed by atoms with van der Waals surface area (Å²) in [7, 11) is 2.11. The number of halogens is 1. The minimum atomic E-state index is 0.918. The molecule has 0 aliphatic carbocycles. The lowest BCUT2D eigenvalue weighted by atomic mass is 10.0. The van der Waals surface area contributed by atoms with Crippen LogP contribution in [0.4, 0.5) is 34.1 Å². The highest BCUT2D eigenvalue weighted by Gasteiger charge is 2.19. The SMILES string of the molecule is CN1C=Cc2cc(N(c3ccccc3)c3cc(Br)cc(N(c4ccccc4)c4ccccc4)c3)ccc2C1. The number of fused-ring (bicyclic) bond motifs is 1. The van der Waals surface area contributed by atoms with Gasteiger partial charge < -0.3 is 14.7 Å². The van der Waals surface area contributed by atoms with Crippen LogP contribution in [0.25, 0.3) is 6.08 Å². The van der Waals surface area contributed by atoms with Crippen LogP contribution in [-0.4, -0.2) is 11.9 Å². The number of benzene rings is 5. The van der Waals surface area contributed by atoms with E-state index in [0.29, 0.717) is 0 Å². The summed E-state index contributed by atoms with van der Waals surface area (Å²) < 4.78 is 1.02. The van der Waals surface area contributed by atoms with E-state index in [0.717, 1.165) is 45.1 Å². The molecular formula is C34H28BrN3. The molecule has 0 unspecified atom stereocenters. The maximum atomic E-state index is 3.84. The Morgan fingerprint density at radius 1 is 0.553 bits per heavy atom. The lowest BCUT2D eigenvalue weighted by Gasteiger charge is -2.30. The van der Waals surface area contributed by atoms with E-state index in [1.807, 2.05) is 0 Å². The third kappa shape index (κ3) is 4.96. The van der Waals surface area contributed by atoms with Crippen molar-refractivity contribution in [1.82, 2.24) is 4.90 Å². The predicted octanol–water partition coefficient (Wildman–Crippen LogP) is 9.80. The Balaban J connectivity index is 1.51. The maximum absolute atomic E-state index is 3.84. The van der Waals surface area contributed by atoms with Crippen molar-refractivity contribution in [2.75, 3.05) is 16.8 Å². The van der Waals surface area contributed by atoms with Crippen LogP contribution in [0.5, 0.6) is 0 Å². The third-order valence-electron chi connectivity index (χ3n) is 6.74. The molecule has 6 rings (SSSR count). The molecule has 0 saturated heterocycles. The first-order valence-electron chi connectivity index (χ1n) is 12.7. The molecule has 0 bridgehead atoms. The molecule has 1 heterocycles. The van der Waals surface area contributed by atoms with E-state index in [2.05, 4.69) is 177 Å². The van der Waals surface area contributed by atoms with E-state index in [1.54, 1.807) is 0 Å². The van der Waals surface area contributed by atoms with Gasteiger partial charge >= 0.3 is 0 Å². The Morgan fingerprint density at radius 3 is 1.58 bits per heavy atom. The Labute approximate surface area is 233 Å². The zero-order valence-corrected chi connectivity index (χ0v) is 22.8. The fraction of sp³-hybridized carbons (Fsp3) is 0.0588. The first-order valence-corrected chi connectivity index (χ1v) is 13.5. The van der Waals surface area contributed by atoms with Gasteiger partial charge in [0.05, 0.1) is 0 Å². The van der Waals surface area contributed by atoms with Crippen LogP contribution in [0.15, 0.2) is 138 Å². The van der Waals surface area contributed by atoms with Crippen LogP contribution in [-0.2, 0) is 6.54 Å². The molecule has 0 fully saturated rings. The van der Waals surface area contributed by atoms with Crippen molar-refractivity contribution in [1.29, 1.82) is 0 Å². The summed E-state index contributed by atoms with van der Waals surface area (Å²) in [5, 5.41) is 0. The van der Waals surface area contributed by atoms with Crippen LogP contribution in [0.1, 0.15) is 11.1 Å². The van der Waals surface area contributed by atoms with Crippen LogP contribution in [0.2, 0.25) is 0 Å². The summed E-state index contributed by atoms with van der Waals surface area (Å²) in [5.74, 6) is 0. The molecule has 1 aliphatic rings. The number of hydrogen-bond donors (Lipinski definition) is 0. The van der Waals surface area contributed by atoms with Gasteiger partial charge in [-0.1, -0.05) is 76.6 Å². The molecule has 4 heteroatoms. The molecule has 0 aromatic heterocycles. The fourth-order valence-electron chi connectivity index (χ4n) is 4.99. The van der Waals surface area contributed by atoms with Gasteiger partial charge in [0.1, 0.15) is 0 Å². The van der Waals surface area contributed by atoms with E-state index in [9.17, 15) is 0 Å². The quantitative estimate of drug-likeness (QED) is 0.205. The van der Waals surface area contributed by atoms with Gasteiger partial charge in [-0.15, -0.1) is 0 Å². The zero-order valence-electron chi connectivity index (χ0n) is 21.2. The second kappa shape index (κ2) is 10.6. The Morgan fingerprint density at radius 2 is 1.05 bits per heavy atom. The molecule has 186 valence electrons. The van der Waals surface area contributed by atoms with Gasteiger partial charge in [-0.2, -0.15) is 0 Å². The van der Waals surface area contributed by atoms with Gasteiger partial charge in [0.2, 0.25) is 0 Å². The number of para-hydroxylation sites is 3. The summed E-state index contributed by atoms with van der Waals surface area (Å²) in [4.78, 5) is 6.83. The highest BCUT2D eigenvalue weighted by Crippen LogP contribution is 2.42. The zero-order chi connectivity index (χ0) is 25.9. The van der Waals surface area contributed by atoms with E-state index in [4.69, 9.17) is 0 Å². The summed E-state index contributed by atoms with van der Waals surface area (Å²) in [6.45, 7) is 0.918. The molecule has 5 aromatic rings. The van der Waals surface area contributed by atoms with Gasteiger partial charge in [-0.3, -0.25) is 0 Å². The minimum absolute atomic E-state index is 0.918. The Kier molecular flexibility index (Phi) is 6.72. The van der Waals surface area contributed by atoms with Crippen LogP contribution in [0.3, 0.4) is 0 Å². The minimum Gasteiger partial charge on any atom is -0.376 e. The summed E-state index contributed by atoms with van der Waals surface area (Å²) in [6, 6.07) is 45.0. The Hall–Kier alpha value is -4.28. The highest BCUT2D eigenvalue weighted by molar-refractivity contribution is 9.10. The first-order chi connectivity index (χ1) is 18.7. The monoisotopic (exact) mass is 557 g/mol. The van der Waals surface area contributed by atoms with Crippen molar-refractivity contribution < 1.29 is 0 Å². The fourth-order valence-corrected chi connectivity index (χ4v) is 5.46. The topological polar surface area (TPSA) is 9.72 Å². The molecule has 0 atom stereocenters. The van der Waals surface area contributed by atoms with E-state index in [1.165, 1.54) is 11.1 Å². The van der Waals surface area contributed by atoms with Crippen molar-refractivity contribution >= 4 is 56.1 Å². The molecule has 0 spiro atoms. The van der Waals surface area contributed by atoms with Gasteiger partial charge in [0.25, 0.3) is 0 Å². The molecular weight excluding hydrogens is 530 g/mol. The van der Waals surface area contributed by atoms with E-state index in [-0.39, 0.29) is 0 Å². The van der Waals surface area contributed by atoms with Crippen molar-refractivity contribution in [3.05, 3.63) is 149 Å². The predicted molar refractivity (Wildman–Crippen MR) is 164 cm³/mol. The van der Waals surface area contributed by atoms with Gasteiger partial charge in [-0.25, -0.2) is 0 Å². The molecule has 0 radical (unpaired) electrons.